The van der Waals surface area contributed by atoms with Crippen molar-refractivity contribution in [2.45, 2.75) is 19.0 Å². The summed E-state index contributed by atoms with van der Waals surface area (Å²) in [5, 5.41) is 5.89. The minimum atomic E-state index is -0.897. The maximum Gasteiger partial charge on any atom is 0.259 e. The topological polar surface area (TPSA) is 126 Å². The molecule has 1 atom stereocenters. The Kier molecular flexibility index (Phi) is 7.04. The Labute approximate surface area is 216 Å². The molecule has 10 nitrogen and oxygen atoms in total. The van der Waals surface area contributed by atoms with E-state index in [9.17, 15) is 14.4 Å². The smallest absolute Gasteiger partial charge is 0.259 e. The molecule has 3 heterocycles. The van der Waals surface area contributed by atoms with Crippen LogP contribution in [0, 0.1) is 0 Å². The molecule has 2 aliphatic heterocycles. The lowest BCUT2D eigenvalue weighted by atomic mass is 10.1. The van der Waals surface area contributed by atoms with Gasteiger partial charge in [0.2, 0.25) is 11.8 Å². The van der Waals surface area contributed by atoms with Crippen LogP contribution in [0.1, 0.15) is 17.7 Å². The number of para-hydroxylation sites is 3. The molecule has 0 spiro atoms. The summed E-state index contributed by atoms with van der Waals surface area (Å²) < 4.78 is 10.5. The van der Waals surface area contributed by atoms with Gasteiger partial charge in [-0.05, 0) is 36.4 Å². The molecule has 3 amide bonds. The van der Waals surface area contributed by atoms with E-state index in [-0.39, 0.29) is 36.4 Å². The van der Waals surface area contributed by atoms with E-state index in [1.807, 2.05) is 30.3 Å². The van der Waals surface area contributed by atoms with E-state index in [2.05, 4.69) is 20.6 Å². The first-order valence-electron chi connectivity index (χ1n) is 11.5. The van der Waals surface area contributed by atoms with Crippen molar-refractivity contribution in [2.24, 2.45) is 9.98 Å². The van der Waals surface area contributed by atoms with Crippen LogP contribution in [0.25, 0.3) is 0 Å². The average Bonchev–Trinajstić information content (AvgIpc) is 3.55. The van der Waals surface area contributed by atoms with Crippen molar-refractivity contribution in [3.8, 4) is 5.75 Å². The number of methoxy groups -OCH3 is 1. The monoisotopic (exact) mass is 517 g/mol. The number of aliphatic imine (C=N–C) groups is 2. The number of ether oxygens (including phenoxy) is 1. The number of thioether (sulfide) groups is 1. The molecule has 0 saturated carbocycles. The first kappa shape index (κ1) is 24.3. The Morgan fingerprint density at radius 2 is 1.89 bits per heavy atom. The molecule has 0 aliphatic carbocycles. The van der Waals surface area contributed by atoms with Gasteiger partial charge in [0.1, 0.15) is 23.4 Å². The molecule has 0 radical (unpaired) electrons. The summed E-state index contributed by atoms with van der Waals surface area (Å²) in [5.41, 5.74) is 1.88. The molecule has 1 aromatic heterocycles. The zero-order valence-electron chi connectivity index (χ0n) is 19.8. The number of anilines is 1. The first-order chi connectivity index (χ1) is 18.0. The van der Waals surface area contributed by atoms with Crippen LogP contribution < -0.4 is 15.4 Å². The minimum Gasteiger partial charge on any atom is -0.495 e. The number of nitrogens with one attached hydrogen (secondary N) is 2. The molecule has 0 fully saturated rings. The van der Waals surface area contributed by atoms with Gasteiger partial charge in [0.25, 0.3) is 5.91 Å². The predicted octanol–water partition coefficient (Wildman–Crippen LogP) is 3.33. The highest BCUT2D eigenvalue weighted by atomic mass is 32.2. The Bertz CT molecular complexity index is 1400. The van der Waals surface area contributed by atoms with Gasteiger partial charge in [-0.25, -0.2) is 9.89 Å². The van der Waals surface area contributed by atoms with Gasteiger partial charge in [0, 0.05) is 5.56 Å². The number of nitrogens with zero attached hydrogens (tertiary/aromatic N) is 3. The van der Waals surface area contributed by atoms with Crippen LogP contribution in [0.3, 0.4) is 0 Å². The van der Waals surface area contributed by atoms with E-state index in [0.717, 1.165) is 11.8 Å². The summed E-state index contributed by atoms with van der Waals surface area (Å²) in [6.07, 6.45) is 1.41. The van der Waals surface area contributed by atoms with Crippen molar-refractivity contribution in [1.82, 2.24) is 10.2 Å². The quantitative estimate of drug-likeness (QED) is 0.472. The third kappa shape index (κ3) is 5.26. The lowest BCUT2D eigenvalue weighted by Crippen LogP contribution is -2.42. The van der Waals surface area contributed by atoms with Gasteiger partial charge in [0.15, 0.2) is 5.17 Å². The van der Waals surface area contributed by atoms with Gasteiger partial charge in [-0.2, -0.15) is 0 Å². The fourth-order valence-electron chi connectivity index (χ4n) is 3.94. The van der Waals surface area contributed by atoms with Gasteiger partial charge in [0.05, 0.1) is 43.5 Å². The van der Waals surface area contributed by atoms with Crippen molar-refractivity contribution in [3.05, 3.63) is 78.3 Å². The second kappa shape index (κ2) is 10.7. The largest absolute Gasteiger partial charge is 0.495 e. The standard InChI is InChI=1S/C26H23N5O5S/c1-35-21-11-5-4-10-19(21)28-23(33)15-37-26-30-18-9-3-2-8-17(18)24-29-20(25(34)31(24)26)13-22(32)27-14-16-7-6-12-36-16/h2-12,20H,13-15H2,1H3,(H,27,32)(H,28,33)/t20-/m0/s1. The number of amidine groups is 2. The fourth-order valence-corrected chi connectivity index (χ4v) is 4.74. The molecule has 3 aromatic rings. The average molecular weight is 518 g/mol. The van der Waals surface area contributed by atoms with Gasteiger partial charge in [-0.1, -0.05) is 36.0 Å². The van der Waals surface area contributed by atoms with E-state index in [4.69, 9.17) is 9.15 Å². The van der Waals surface area contributed by atoms with Crippen molar-refractivity contribution < 1.29 is 23.5 Å². The van der Waals surface area contributed by atoms with Crippen LogP contribution in [0.2, 0.25) is 0 Å². The van der Waals surface area contributed by atoms with Crippen LogP contribution in [-0.2, 0) is 20.9 Å². The van der Waals surface area contributed by atoms with E-state index >= 15 is 0 Å². The first-order valence-corrected chi connectivity index (χ1v) is 12.5. The van der Waals surface area contributed by atoms with Gasteiger partial charge in [-0.15, -0.1) is 0 Å². The highest BCUT2D eigenvalue weighted by Gasteiger charge is 2.42. The number of rotatable bonds is 8. The second-order valence-corrected chi connectivity index (χ2v) is 9.09. The van der Waals surface area contributed by atoms with Crippen LogP contribution >= 0.6 is 11.8 Å². The lowest BCUT2D eigenvalue weighted by molar-refractivity contribution is -0.128. The Morgan fingerprint density at radius 3 is 2.70 bits per heavy atom. The number of hydrogen-bond donors (Lipinski definition) is 2. The van der Waals surface area contributed by atoms with E-state index in [1.54, 1.807) is 30.3 Å². The second-order valence-electron chi connectivity index (χ2n) is 8.15. The summed E-state index contributed by atoms with van der Waals surface area (Å²) >= 11 is 1.12. The maximum atomic E-state index is 13.3. The molecular weight excluding hydrogens is 494 g/mol. The van der Waals surface area contributed by atoms with Crippen molar-refractivity contribution in [2.75, 3.05) is 18.2 Å². The molecular formula is C26H23N5O5S. The molecule has 37 heavy (non-hydrogen) atoms. The molecule has 2 aliphatic rings. The molecule has 0 unspecified atom stereocenters. The number of furan rings is 1. The van der Waals surface area contributed by atoms with Gasteiger partial charge >= 0.3 is 0 Å². The summed E-state index contributed by atoms with van der Waals surface area (Å²) in [6.45, 7) is 0.222. The third-order valence-electron chi connectivity index (χ3n) is 5.68. The number of carbonyl (C=O) groups is 3. The van der Waals surface area contributed by atoms with Gasteiger partial charge < -0.3 is 19.8 Å². The number of carbonyl (C=O) groups excluding carboxylic acids is 3. The molecule has 2 aromatic carbocycles. The number of benzene rings is 2. The van der Waals surface area contributed by atoms with Crippen LogP contribution in [0.5, 0.6) is 5.75 Å². The zero-order chi connectivity index (χ0) is 25.8. The number of amides is 3. The number of fused-ring (bicyclic) bond motifs is 3. The molecule has 0 bridgehead atoms. The molecule has 0 saturated heterocycles. The predicted molar refractivity (Wildman–Crippen MR) is 140 cm³/mol. The van der Waals surface area contributed by atoms with E-state index in [1.165, 1.54) is 18.3 Å². The van der Waals surface area contributed by atoms with Crippen LogP contribution in [0.15, 0.2) is 81.3 Å². The summed E-state index contributed by atoms with van der Waals surface area (Å²) in [4.78, 5) is 49.2. The zero-order valence-corrected chi connectivity index (χ0v) is 20.7. The lowest BCUT2D eigenvalue weighted by Gasteiger charge is -2.25. The Balaban J connectivity index is 1.29. The Morgan fingerprint density at radius 1 is 1.08 bits per heavy atom. The van der Waals surface area contributed by atoms with Crippen LogP contribution in [-0.4, -0.2) is 52.5 Å². The number of hydrogen-bond acceptors (Lipinski definition) is 8. The third-order valence-corrected chi connectivity index (χ3v) is 6.62. The van der Waals surface area contributed by atoms with E-state index in [0.29, 0.717) is 39.5 Å². The minimum absolute atomic E-state index is 0.00437. The van der Waals surface area contributed by atoms with Crippen LogP contribution in [0.4, 0.5) is 11.4 Å². The van der Waals surface area contributed by atoms with Crippen molar-refractivity contribution in [3.63, 3.8) is 0 Å². The highest BCUT2D eigenvalue weighted by Crippen LogP contribution is 2.34. The summed E-state index contributed by atoms with van der Waals surface area (Å²) in [5.74, 6) is 0.610. The molecule has 11 heteroatoms. The van der Waals surface area contributed by atoms with Crippen molar-refractivity contribution in [1.29, 1.82) is 0 Å². The molecule has 188 valence electrons. The van der Waals surface area contributed by atoms with Crippen molar-refractivity contribution >= 4 is 51.9 Å². The highest BCUT2D eigenvalue weighted by molar-refractivity contribution is 8.14. The maximum absolute atomic E-state index is 13.3. The molecule has 2 N–H and O–H groups in total. The normalized spacial score (nSPS) is 15.9. The van der Waals surface area contributed by atoms with E-state index < -0.39 is 6.04 Å². The molecule has 5 rings (SSSR count). The summed E-state index contributed by atoms with van der Waals surface area (Å²) in [6, 6.07) is 17.0. The fraction of sp³-hybridized carbons (Fsp3) is 0.192. The summed E-state index contributed by atoms with van der Waals surface area (Å²) in [7, 11) is 1.53. The van der Waals surface area contributed by atoms with Gasteiger partial charge in [-0.3, -0.25) is 19.4 Å². The Hall–Kier alpha value is -4.38. The SMILES string of the molecule is COc1ccccc1NC(=O)CSC1=Nc2ccccc2C2=N[C@@H](CC(=O)NCc3ccco3)C(=O)N12.